The molecule has 2 rings (SSSR count). The summed E-state index contributed by atoms with van der Waals surface area (Å²) >= 11 is 0. The van der Waals surface area contributed by atoms with Crippen molar-refractivity contribution in [1.82, 2.24) is 5.43 Å². The van der Waals surface area contributed by atoms with Crippen molar-refractivity contribution >= 4 is 0 Å². The Hall–Kier alpha value is -2.04. The summed E-state index contributed by atoms with van der Waals surface area (Å²) < 4.78 is 5.76. The quantitative estimate of drug-likeness (QED) is 0.578. The van der Waals surface area contributed by atoms with E-state index in [0.29, 0.717) is 12.4 Å². The number of hydrogen-bond acceptors (Lipinski definition) is 4. The Bertz CT molecular complexity index is 570. The molecule has 0 amide bonds. The molecule has 2 aromatic carbocycles. The molecule has 0 aliphatic heterocycles. The third kappa shape index (κ3) is 3.10. The summed E-state index contributed by atoms with van der Waals surface area (Å²) in [5, 5.41) is 10.2. The Morgan fingerprint density at radius 1 is 1.20 bits per heavy atom. The lowest BCUT2D eigenvalue weighted by atomic mass is 10.0. The van der Waals surface area contributed by atoms with E-state index in [1.807, 2.05) is 56.3 Å². The van der Waals surface area contributed by atoms with Crippen LogP contribution in [0.2, 0.25) is 0 Å². The number of hydrogen-bond donors (Lipinski definition) is 3. The largest absolute Gasteiger partial charge is 0.507 e. The van der Waals surface area contributed by atoms with Gasteiger partial charge in [-0.2, -0.15) is 0 Å². The number of aromatic hydroxyl groups is 1. The van der Waals surface area contributed by atoms with Gasteiger partial charge in [-0.15, -0.1) is 0 Å². The number of hydrazine groups is 1. The predicted molar refractivity (Wildman–Crippen MR) is 79.4 cm³/mol. The summed E-state index contributed by atoms with van der Waals surface area (Å²) in [6.45, 7) is 4.20. The average Bonchev–Trinajstić information content (AvgIpc) is 2.49. The molecule has 0 saturated carbocycles. The lowest BCUT2D eigenvalue weighted by Crippen LogP contribution is -2.25. The van der Waals surface area contributed by atoms with Crippen molar-refractivity contribution in [3.8, 4) is 11.5 Å². The number of nitrogens with two attached hydrogens (primary N) is 1. The molecule has 0 aliphatic rings. The van der Waals surface area contributed by atoms with Gasteiger partial charge in [0.05, 0.1) is 0 Å². The van der Waals surface area contributed by atoms with E-state index in [2.05, 4.69) is 5.43 Å². The third-order valence-electron chi connectivity index (χ3n) is 3.37. The molecule has 4 N–H and O–H groups in total. The summed E-state index contributed by atoms with van der Waals surface area (Å²) in [6.07, 6.45) is 0. The van der Waals surface area contributed by atoms with E-state index in [-0.39, 0.29) is 11.8 Å². The molecule has 4 nitrogen and oxygen atoms in total. The van der Waals surface area contributed by atoms with Crippen molar-refractivity contribution in [3.05, 3.63) is 59.2 Å². The van der Waals surface area contributed by atoms with Crippen LogP contribution in [0.4, 0.5) is 0 Å². The van der Waals surface area contributed by atoms with Gasteiger partial charge in [0.1, 0.15) is 18.1 Å². The fourth-order valence-corrected chi connectivity index (χ4v) is 2.03. The van der Waals surface area contributed by atoms with E-state index < -0.39 is 0 Å². The topological polar surface area (TPSA) is 67.5 Å². The van der Waals surface area contributed by atoms with Crippen molar-refractivity contribution in [2.45, 2.75) is 26.5 Å². The highest BCUT2D eigenvalue weighted by Gasteiger charge is 2.14. The number of ether oxygens (including phenoxy) is 1. The van der Waals surface area contributed by atoms with E-state index in [1.165, 1.54) is 0 Å². The highest BCUT2D eigenvalue weighted by molar-refractivity contribution is 5.49. The molecule has 0 radical (unpaired) electrons. The van der Waals surface area contributed by atoms with Gasteiger partial charge in [0.15, 0.2) is 0 Å². The zero-order valence-electron chi connectivity index (χ0n) is 11.8. The van der Waals surface area contributed by atoms with Gasteiger partial charge in [-0.3, -0.25) is 11.3 Å². The Balaban J connectivity index is 2.15. The average molecular weight is 272 g/mol. The second kappa shape index (κ2) is 6.41. The zero-order valence-corrected chi connectivity index (χ0v) is 11.8. The standard InChI is InChI=1S/C16H20N2O2/c1-11-15(20-10-13-6-4-3-5-7-13)9-8-14(16(11)19)12(2)18-17/h3-9,12,18-19H,10,17H2,1-2H3. The number of rotatable bonds is 5. The van der Waals surface area contributed by atoms with E-state index in [4.69, 9.17) is 10.6 Å². The first-order chi connectivity index (χ1) is 9.63. The number of phenols is 1. The molecular formula is C16H20N2O2. The molecule has 106 valence electrons. The molecule has 1 unspecified atom stereocenters. The minimum Gasteiger partial charge on any atom is -0.507 e. The fraction of sp³-hybridized carbons (Fsp3) is 0.250. The molecule has 0 aliphatic carbocycles. The lowest BCUT2D eigenvalue weighted by Gasteiger charge is -2.16. The summed E-state index contributed by atoms with van der Waals surface area (Å²) in [4.78, 5) is 0. The molecule has 0 fully saturated rings. The van der Waals surface area contributed by atoms with Crippen LogP contribution < -0.4 is 16.0 Å². The molecule has 2 aromatic rings. The molecule has 0 heterocycles. The Morgan fingerprint density at radius 2 is 1.90 bits per heavy atom. The fourth-order valence-electron chi connectivity index (χ4n) is 2.03. The highest BCUT2D eigenvalue weighted by Crippen LogP contribution is 2.33. The maximum atomic E-state index is 10.2. The van der Waals surface area contributed by atoms with E-state index in [0.717, 1.165) is 16.7 Å². The Labute approximate surface area is 119 Å². The Morgan fingerprint density at radius 3 is 2.55 bits per heavy atom. The van der Waals surface area contributed by atoms with Crippen LogP contribution in [-0.4, -0.2) is 5.11 Å². The van der Waals surface area contributed by atoms with Crippen molar-refractivity contribution in [2.24, 2.45) is 5.84 Å². The molecule has 0 spiro atoms. The summed E-state index contributed by atoms with van der Waals surface area (Å²) in [5.41, 5.74) is 5.20. The first kappa shape index (κ1) is 14.4. The monoisotopic (exact) mass is 272 g/mol. The first-order valence-electron chi connectivity index (χ1n) is 6.58. The molecule has 20 heavy (non-hydrogen) atoms. The van der Waals surface area contributed by atoms with Crippen LogP contribution in [0.5, 0.6) is 11.5 Å². The normalized spacial score (nSPS) is 12.2. The van der Waals surface area contributed by atoms with Crippen LogP contribution in [0.25, 0.3) is 0 Å². The third-order valence-corrected chi connectivity index (χ3v) is 3.37. The Kier molecular flexibility index (Phi) is 4.61. The molecule has 0 aromatic heterocycles. The first-order valence-corrected chi connectivity index (χ1v) is 6.58. The van der Waals surface area contributed by atoms with Gasteiger partial charge in [0, 0.05) is 17.2 Å². The maximum Gasteiger partial charge on any atom is 0.126 e. The predicted octanol–water partition coefficient (Wildman–Crippen LogP) is 2.80. The van der Waals surface area contributed by atoms with Gasteiger partial charge in [-0.05, 0) is 25.5 Å². The van der Waals surface area contributed by atoms with Crippen LogP contribution in [0.3, 0.4) is 0 Å². The minimum absolute atomic E-state index is 0.114. The summed E-state index contributed by atoms with van der Waals surface area (Å²) in [6, 6.07) is 13.5. The van der Waals surface area contributed by atoms with E-state index in [1.54, 1.807) is 0 Å². The molecule has 0 bridgehead atoms. The number of phenolic OH excluding ortho intramolecular Hbond substituents is 1. The van der Waals surface area contributed by atoms with Gasteiger partial charge < -0.3 is 9.84 Å². The van der Waals surface area contributed by atoms with Crippen molar-refractivity contribution in [2.75, 3.05) is 0 Å². The second-order valence-corrected chi connectivity index (χ2v) is 4.79. The minimum atomic E-state index is -0.114. The van der Waals surface area contributed by atoms with Crippen LogP contribution >= 0.6 is 0 Å². The second-order valence-electron chi connectivity index (χ2n) is 4.79. The van der Waals surface area contributed by atoms with Crippen LogP contribution in [-0.2, 0) is 6.61 Å². The van der Waals surface area contributed by atoms with Crippen LogP contribution in [0.15, 0.2) is 42.5 Å². The zero-order chi connectivity index (χ0) is 14.5. The highest BCUT2D eigenvalue weighted by atomic mass is 16.5. The van der Waals surface area contributed by atoms with Gasteiger partial charge in [-0.1, -0.05) is 36.4 Å². The summed E-state index contributed by atoms with van der Waals surface area (Å²) in [7, 11) is 0. The van der Waals surface area contributed by atoms with Gasteiger partial charge >= 0.3 is 0 Å². The molecular weight excluding hydrogens is 252 g/mol. The van der Waals surface area contributed by atoms with Gasteiger partial charge in [0.2, 0.25) is 0 Å². The van der Waals surface area contributed by atoms with Gasteiger partial charge in [0.25, 0.3) is 0 Å². The maximum absolute atomic E-state index is 10.2. The SMILES string of the molecule is Cc1c(OCc2ccccc2)ccc(C(C)NN)c1O. The molecule has 1 atom stereocenters. The lowest BCUT2D eigenvalue weighted by molar-refractivity contribution is 0.301. The smallest absolute Gasteiger partial charge is 0.126 e. The van der Waals surface area contributed by atoms with Crippen molar-refractivity contribution < 1.29 is 9.84 Å². The van der Waals surface area contributed by atoms with Crippen molar-refractivity contribution in [3.63, 3.8) is 0 Å². The molecule has 0 saturated heterocycles. The summed E-state index contributed by atoms with van der Waals surface area (Å²) in [5.74, 6) is 6.31. The van der Waals surface area contributed by atoms with E-state index in [9.17, 15) is 5.11 Å². The number of nitrogens with one attached hydrogen (secondary N) is 1. The van der Waals surface area contributed by atoms with Crippen molar-refractivity contribution in [1.29, 1.82) is 0 Å². The number of benzene rings is 2. The van der Waals surface area contributed by atoms with Crippen LogP contribution in [0.1, 0.15) is 29.7 Å². The van der Waals surface area contributed by atoms with Crippen LogP contribution in [0, 0.1) is 6.92 Å². The van der Waals surface area contributed by atoms with Gasteiger partial charge in [-0.25, -0.2) is 0 Å². The van der Waals surface area contributed by atoms with E-state index >= 15 is 0 Å². The molecule has 4 heteroatoms.